The maximum Gasteiger partial charge on any atom is 0.147 e. The van der Waals surface area contributed by atoms with Crippen LogP contribution in [0.1, 0.15) is 5.69 Å². The number of benzene rings is 1. The quantitative estimate of drug-likeness (QED) is 0.769. The molecule has 0 spiro atoms. The molecule has 2 heterocycles. The van der Waals surface area contributed by atoms with Crippen molar-refractivity contribution in [2.45, 2.75) is 6.92 Å². The number of nitrogens with zero attached hydrogens (tertiary/aromatic N) is 2. The van der Waals surface area contributed by atoms with E-state index in [1.807, 2.05) is 37.4 Å². The summed E-state index contributed by atoms with van der Waals surface area (Å²) in [5.74, 6) is 0. The lowest BCUT2D eigenvalue weighted by atomic mass is 10.1. The van der Waals surface area contributed by atoms with Gasteiger partial charge >= 0.3 is 0 Å². The summed E-state index contributed by atoms with van der Waals surface area (Å²) in [6, 6.07) is 12.1. The second-order valence-corrected chi connectivity index (χ2v) is 4.26. The molecule has 0 atom stereocenters. The van der Waals surface area contributed by atoms with Gasteiger partial charge in [-0.2, -0.15) is 0 Å². The van der Waals surface area contributed by atoms with E-state index in [1.165, 1.54) is 0 Å². The van der Waals surface area contributed by atoms with E-state index in [0.29, 0.717) is 0 Å². The fraction of sp³-hybridized carbons (Fsp3) is 0.0667. The van der Waals surface area contributed by atoms with E-state index >= 15 is 0 Å². The molecule has 0 aliphatic rings. The Morgan fingerprint density at radius 1 is 1.11 bits per heavy atom. The molecule has 0 saturated heterocycles. The highest BCUT2D eigenvalue weighted by atomic mass is 16.5. The summed E-state index contributed by atoms with van der Waals surface area (Å²) in [4.78, 5) is 4.14. The van der Waals surface area contributed by atoms with Crippen LogP contribution in [-0.2, 0) is 0 Å². The fourth-order valence-electron chi connectivity index (χ4n) is 1.88. The Balaban J connectivity index is 1.91. The van der Waals surface area contributed by atoms with Gasteiger partial charge < -0.3 is 9.84 Å². The minimum Gasteiger partial charge on any atom is -0.362 e. The fourth-order valence-corrected chi connectivity index (χ4v) is 1.88. The Labute approximate surface area is 111 Å². The van der Waals surface area contributed by atoms with Gasteiger partial charge in [-0.3, -0.25) is 4.98 Å². The van der Waals surface area contributed by atoms with E-state index < -0.39 is 0 Å². The molecule has 0 aliphatic carbocycles. The molecule has 2 aromatic heterocycles. The molecule has 1 N–H and O–H groups in total. The van der Waals surface area contributed by atoms with Crippen LogP contribution in [0.2, 0.25) is 0 Å². The van der Waals surface area contributed by atoms with Gasteiger partial charge in [0.1, 0.15) is 17.6 Å². The molecular formula is C15H13N3O. The summed E-state index contributed by atoms with van der Waals surface area (Å²) in [6.45, 7) is 1.90. The van der Waals surface area contributed by atoms with Crippen LogP contribution in [0.4, 0.5) is 11.4 Å². The summed E-state index contributed by atoms with van der Waals surface area (Å²) in [6.07, 6.45) is 5.22. The van der Waals surface area contributed by atoms with Crippen LogP contribution >= 0.6 is 0 Å². The summed E-state index contributed by atoms with van der Waals surface area (Å²) in [5.41, 5.74) is 4.92. The van der Waals surface area contributed by atoms with Crippen LogP contribution < -0.4 is 5.32 Å². The molecule has 4 heteroatoms. The van der Waals surface area contributed by atoms with Gasteiger partial charge in [0.2, 0.25) is 0 Å². The molecule has 0 saturated carbocycles. The largest absolute Gasteiger partial charge is 0.362 e. The first-order valence-electron chi connectivity index (χ1n) is 6.01. The zero-order chi connectivity index (χ0) is 13.1. The Kier molecular flexibility index (Phi) is 2.98. The van der Waals surface area contributed by atoms with E-state index in [1.54, 1.807) is 12.5 Å². The van der Waals surface area contributed by atoms with Gasteiger partial charge in [0.15, 0.2) is 0 Å². The zero-order valence-electron chi connectivity index (χ0n) is 10.5. The Hall–Kier alpha value is -2.62. The molecule has 0 radical (unpaired) electrons. The van der Waals surface area contributed by atoms with Crippen molar-refractivity contribution in [3.63, 3.8) is 0 Å². The second kappa shape index (κ2) is 4.94. The minimum absolute atomic E-state index is 0.840. The van der Waals surface area contributed by atoms with Crippen molar-refractivity contribution in [1.82, 2.24) is 10.1 Å². The minimum atomic E-state index is 0.840. The van der Waals surface area contributed by atoms with Gasteiger partial charge in [0, 0.05) is 23.6 Å². The molecule has 3 rings (SSSR count). The van der Waals surface area contributed by atoms with Crippen molar-refractivity contribution >= 4 is 11.4 Å². The molecule has 0 aliphatic heterocycles. The number of aryl methyl sites for hydroxylation is 1. The maximum absolute atomic E-state index is 4.91. The van der Waals surface area contributed by atoms with Gasteiger partial charge in [-0.05, 0) is 30.7 Å². The van der Waals surface area contributed by atoms with Crippen LogP contribution in [0.5, 0.6) is 0 Å². The monoisotopic (exact) mass is 251 g/mol. The van der Waals surface area contributed by atoms with Crippen molar-refractivity contribution in [3.8, 4) is 11.1 Å². The number of pyridine rings is 1. The van der Waals surface area contributed by atoms with E-state index in [2.05, 4.69) is 27.6 Å². The molecule has 0 bridgehead atoms. The van der Waals surface area contributed by atoms with Gasteiger partial charge in [0.25, 0.3) is 0 Å². The maximum atomic E-state index is 4.91. The van der Waals surface area contributed by atoms with E-state index in [4.69, 9.17) is 4.52 Å². The third-order valence-electron chi connectivity index (χ3n) is 2.89. The first kappa shape index (κ1) is 11.5. The molecule has 3 aromatic rings. The molecule has 0 unspecified atom stereocenters. The third kappa shape index (κ3) is 2.47. The predicted molar refractivity (Wildman–Crippen MR) is 74.2 cm³/mol. The molecule has 4 nitrogen and oxygen atoms in total. The SMILES string of the molecule is Cc1nocc1Nc1cccc(-c2cccnc2)c1. The Morgan fingerprint density at radius 3 is 2.74 bits per heavy atom. The van der Waals surface area contributed by atoms with Crippen molar-refractivity contribution in [2.24, 2.45) is 0 Å². The van der Waals surface area contributed by atoms with Crippen LogP contribution in [0.25, 0.3) is 11.1 Å². The third-order valence-corrected chi connectivity index (χ3v) is 2.89. The van der Waals surface area contributed by atoms with Crippen LogP contribution in [0.3, 0.4) is 0 Å². The Morgan fingerprint density at radius 2 is 2.00 bits per heavy atom. The highest BCUT2D eigenvalue weighted by Crippen LogP contribution is 2.25. The smallest absolute Gasteiger partial charge is 0.147 e. The summed E-state index contributed by atoms with van der Waals surface area (Å²) < 4.78 is 4.91. The average molecular weight is 251 g/mol. The molecule has 0 amide bonds. The number of nitrogens with one attached hydrogen (secondary N) is 1. The van der Waals surface area contributed by atoms with Crippen LogP contribution in [0.15, 0.2) is 59.6 Å². The van der Waals surface area contributed by atoms with Crippen LogP contribution in [0, 0.1) is 6.92 Å². The van der Waals surface area contributed by atoms with Gasteiger partial charge in [-0.1, -0.05) is 23.4 Å². The van der Waals surface area contributed by atoms with E-state index in [0.717, 1.165) is 28.2 Å². The van der Waals surface area contributed by atoms with Gasteiger partial charge in [-0.15, -0.1) is 0 Å². The van der Waals surface area contributed by atoms with Crippen molar-refractivity contribution in [2.75, 3.05) is 5.32 Å². The topological polar surface area (TPSA) is 51.0 Å². The molecule has 94 valence electrons. The van der Waals surface area contributed by atoms with E-state index in [9.17, 15) is 0 Å². The van der Waals surface area contributed by atoms with Gasteiger partial charge in [-0.25, -0.2) is 0 Å². The second-order valence-electron chi connectivity index (χ2n) is 4.26. The number of hydrogen-bond donors (Lipinski definition) is 1. The highest BCUT2D eigenvalue weighted by molar-refractivity contribution is 5.70. The molecule has 0 fully saturated rings. The summed E-state index contributed by atoms with van der Waals surface area (Å²) >= 11 is 0. The standard InChI is InChI=1S/C15H13N3O/c1-11-15(10-19-18-11)17-14-6-2-4-12(8-14)13-5-3-7-16-9-13/h2-10,17H,1H3. The van der Waals surface area contributed by atoms with Crippen molar-refractivity contribution < 1.29 is 4.52 Å². The summed E-state index contributed by atoms with van der Waals surface area (Å²) in [7, 11) is 0. The first-order valence-corrected chi connectivity index (χ1v) is 6.01. The number of hydrogen-bond acceptors (Lipinski definition) is 4. The highest BCUT2D eigenvalue weighted by Gasteiger charge is 2.04. The molecule has 19 heavy (non-hydrogen) atoms. The normalized spacial score (nSPS) is 10.4. The number of aromatic nitrogens is 2. The van der Waals surface area contributed by atoms with Gasteiger partial charge in [0.05, 0.1) is 0 Å². The van der Waals surface area contributed by atoms with Crippen LogP contribution in [-0.4, -0.2) is 10.1 Å². The van der Waals surface area contributed by atoms with E-state index in [-0.39, 0.29) is 0 Å². The lowest BCUT2D eigenvalue weighted by Gasteiger charge is -2.07. The van der Waals surface area contributed by atoms with Crippen molar-refractivity contribution in [3.05, 3.63) is 60.7 Å². The summed E-state index contributed by atoms with van der Waals surface area (Å²) in [5, 5.41) is 7.13. The molecule has 1 aromatic carbocycles. The lowest BCUT2D eigenvalue weighted by Crippen LogP contribution is -1.91. The zero-order valence-corrected chi connectivity index (χ0v) is 10.5. The number of anilines is 2. The first-order chi connectivity index (χ1) is 9.33. The molecular weight excluding hydrogens is 238 g/mol. The lowest BCUT2D eigenvalue weighted by molar-refractivity contribution is 0.415. The number of rotatable bonds is 3. The predicted octanol–water partition coefficient (Wildman–Crippen LogP) is 3.79. The average Bonchev–Trinajstić information content (AvgIpc) is 2.86. The Bertz CT molecular complexity index is 677. The van der Waals surface area contributed by atoms with Crippen molar-refractivity contribution in [1.29, 1.82) is 0 Å².